The van der Waals surface area contributed by atoms with E-state index in [-0.39, 0.29) is 25.7 Å². The van der Waals surface area contributed by atoms with E-state index in [0.29, 0.717) is 0 Å². The number of esters is 1. The van der Waals surface area contributed by atoms with Gasteiger partial charge in [0.05, 0.1) is 0 Å². The van der Waals surface area contributed by atoms with Gasteiger partial charge in [0.25, 0.3) is 0 Å². The van der Waals surface area contributed by atoms with Gasteiger partial charge in [-0.1, -0.05) is 18.2 Å². The molecule has 2 aromatic rings. The zero-order chi connectivity index (χ0) is 27.1. The van der Waals surface area contributed by atoms with Crippen LogP contribution in [-0.2, 0) is 30.3 Å². The van der Waals surface area contributed by atoms with Gasteiger partial charge >= 0.3 is 18.0 Å². The molecule has 1 heterocycles. The number of fused-ring (bicyclic) bond motifs is 1. The van der Waals surface area contributed by atoms with Crippen molar-refractivity contribution in [2.45, 2.75) is 90.5 Å². The number of amides is 2. The second-order valence-electron chi connectivity index (χ2n) is 10.6. The molecule has 0 aliphatic carbocycles. The van der Waals surface area contributed by atoms with E-state index in [9.17, 15) is 19.2 Å². The SMILES string of the molecule is CC(C)(C)OC(=O)N[C@H](Cc1c[nH]c2ccccc12)C(=O)NC(CCCC(=O)O)C(=O)OC(C)(C)C. The zero-order valence-electron chi connectivity index (χ0n) is 21.8. The van der Waals surface area contributed by atoms with E-state index in [1.807, 2.05) is 24.3 Å². The fourth-order valence-electron chi connectivity index (χ4n) is 3.53. The summed E-state index contributed by atoms with van der Waals surface area (Å²) in [7, 11) is 0. The van der Waals surface area contributed by atoms with Crippen LogP contribution in [0.15, 0.2) is 30.5 Å². The van der Waals surface area contributed by atoms with E-state index in [0.717, 1.165) is 16.5 Å². The minimum Gasteiger partial charge on any atom is -0.481 e. The Balaban J connectivity index is 2.27. The van der Waals surface area contributed by atoms with Gasteiger partial charge < -0.3 is 30.2 Å². The second kappa shape index (κ2) is 11.9. The molecule has 10 nitrogen and oxygen atoms in total. The van der Waals surface area contributed by atoms with Gasteiger partial charge in [0.2, 0.25) is 5.91 Å². The molecule has 0 saturated carbocycles. The van der Waals surface area contributed by atoms with E-state index in [4.69, 9.17) is 14.6 Å². The summed E-state index contributed by atoms with van der Waals surface area (Å²) in [5.41, 5.74) is 0.0954. The number of ether oxygens (including phenoxy) is 2. The van der Waals surface area contributed by atoms with Crippen molar-refractivity contribution < 1.29 is 33.8 Å². The Bertz CT molecular complexity index is 1080. The smallest absolute Gasteiger partial charge is 0.408 e. The van der Waals surface area contributed by atoms with Crippen LogP contribution in [0, 0.1) is 0 Å². The Morgan fingerprint density at radius 3 is 2.19 bits per heavy atom. The van der Waals surface area contributed by atoms with Crippen molar-refractivity contribution in [1.29, 1.82) is 0 Å². The first-order chi connectivity index (χ1) is 16.6. The normalized spacial score (nSPS) is 13.5. The Morgan fingerprint density at radius 1 is 0.944 bits per heavy atom. The molecule has 2 atom stereocenters. The van der Waals surface area contributed by atoms with Crippen LogP contribution in [0.3, 0.4) is 0 Å². The molecular weight excluding hydrogens is 466 g/mol. The largest absolute Gasteiger partial charge is 0.481 e. The van der Waals surface area contributed by atoms with Crippen molar-refractivity contribution >= 4 is 34.8 Å². The molecule has 0 spiro atoms. The lowest BCUT2D eigenvalue weighted by atomic mass is 10.0. The molecule has 0 fully saturated rings. The van der Waals surface area contributed by atoms with Crippen molar-refractivity contribution in [3.63, 3.8) is 0 Å². The lowest BCUT2D eigenvalue weighted by Crippen LogP contribution is -2.54. The average Bonchev–Trinajstić information content (AvgIpc) is 3.12. The van der Waals surface area contributed by atoms with Crippen LogP contribution in [0.4, 0.5) is 4.79 Å². The Hall–Kier alpha value is -3.56. The number of carbonyl (C=O) groups is 4. The highest BCUT2D eigenvalue weighted by atomic mass is 16.6. The van der Waals surface area contributed by atoms with Crippen LogP contribution < -0.4 is 10.6 Å². The molecule has 4 N–H and O–H groups in total. The van der Waals surface area contributed by atoms with Crippen LogP contribution >= 0.6 is 0 Å². The third kappa shape index (κ3) is 9.59. The maximum atomic E-state index is 13.4. The molecule has 0 saturated heterocycles. The molecule has 1 aromatic carbocycles. The average molecular weight is 504 g/mol. The van der Waals surface area contributed by atoms with E-state index >= 15 is 0 Å². The predicted molar refractivity (Wildman–Crippen MR) is 134 cm³/mol. The number of carboxylic acid groups (broad SMARTS) is 1. The Kier molecular flexibility index (Phi) is 9.49. The van der Waals surface area contributed by atoms with E-state index in [1.165, 1.54) is 0 Å². The highest BCUT2D eigenvalue weighted by molar-refractivity contribution is 5.91. The summed E-state index contributed by atoms with van der Waals surface area (Å²) in [6, 6.07) is 5.41. The molecule has 1 unspecified atom stereocenters. The number of alkyl carbamates (subject to hydrolysis) is 1. The summed E-state index contributed by atoms with van der Waals surface area (Å²) >= 11 is 0. The van der Waals surface area contributed by atoms with Gasteiger partial charge in [-0.05, 0) is 66.0 Å². The molecule has 2 rings (SSSR count). The van der Waals surface area contributed by atoms with Gasteiger partial charge in [-0.15, -0.1) is 0 Å². The van der Waals surface area contributed by atoms with Crippen LogP contribution in [0.1, 0.15) is 66.4 Å². The number of rotatable bonds is 10. The van der Waals surface area contributed by atoms with E-state index in [2.05, 4.69) is 15.6 Å². The summed E-state index contributed by atoms with van der Waals surface area (Å²) < 4.78 is 10.8. The highest BCUT2D eigenvalue weighted by Gasteiger charge is 2.31. The third-order valence-corrected chi connectivity index (χ3v) is 5.00. The summed E-state index contributed by atoms with van der Waals surface area (Å²) in [6.45, 7) is 10.2. The number of para-hydroxylation sites is 1. The Morgan fingerprint density at radius 2 is 1.58 bits per heavy atom. The standard InChI is InChI=1S/C26H37N3O7/c1-25(2,3)35-23(33)19(12-9-13-21(30)31)28-22(32)20(29-24(34)36-26(4,5)6)14-16-15-27-18-11-8-7-10-17(16)18/h7-8,10-11,15,19-20,27H,9,12-14H2,1-6H3,(H,28,32)(H,29,34)(H,30,31)/t19?,20-/m1/s1. The number of hydrogen-bond acceptors (Lipinski definition) is 6. The molecule has 198 valence electrons. The van der Waals surface area contributed by atoms with Crippen molar-refractivity contribution in [1.82, 2.24) is 15.6 Å². The van der Waals surface area contributed by atoms with Crippen molar-refractivity contribution in [3.8, 4) is 0 Å². The lowest BCUT2D eigenvalue weighted by molar-refractivity contribution is -0.159. The number of aromatic nitrogens is 1. The minimum atomic E-state index is -1.08. The first-order valence-electron chi connectivity index (χ1n) is 11.9. The maximum Gasteiger partial charge on any atom is 0.408 e. The summed E-state index contributed by atoms with van der Waals surface area (Å²) in [4.78, 5) is 52.8. The van der Waals surface area contributed by atoms with Gasteiger partial charge in [0.1, 0.15) is 23.3 Å². The highest BCUT2D eigenvalue weighted by Crippen LogP contribution is 2.20. The summed E-state index contributed by atoms with van der Waals surface area (Å²) in [5, 5.41) is 15.1. The second-order valence-corrected chi connectivity index (χ2v) is 10.6. The monoisotopic (exact) mass is 503 g/mol. The molecule has 0 aliphatic heterocycles. The van der Waals surface area contributed by atoms with Crippen molar-refractivity contribution in [3.05, 3.63) is 36.0 Å². The molecule has 0 aliphatic rings. The first-order valence-corrected chi connectivity index (χ1v) is 11.9. The molecule has 36 heavy (non-hydrogen) atoms. The number of benzene rings is 1. The minimum absolute atomic E-state index is 0.0686. The quantitative estimate of drug-likeness (QED) is 0.362. The van der Waals surface area contributed by atoms with Crippen LogP contribution in [-0.4, -0.2) is 57.3 Å². The molecule has 2 amide bonds. The number of H-pyrrole nitrogens is 1. The van der Waals surface area contributed by atoms with Gasteiger partial charge in [0.15, 0.2) is 0 Å². The van der Waals surface area contributed by atoms with Crippen LogP contribution in [0.2, 0.25) is 0 Å². The van der Waals surface area contributed by atoms with Crippen LogP contribution in [0.25, 0.3) is 10.9 Å². The number of nitrogens with one attached hydrogen (secondary N) is 3. The molecule has 1 aromatic heterocycles. The van der Waals surface area contributed by atoms with Crippen molar-refractivity contribution in [2.24, 2.45) is 0 Å². The Labute approximate surface area is 211 Å². The van der Waals surface area contributed by atoms with E-state index < -0.39 is 47.2 Å². The maximum absolute atomic E-state index is 13.4. The first kappa shape index (κ1) is 28.7. The topological polar surface area (TPSA) is 147 Å². The number of carboxylic acids is 1. The molecule has 0 bridgehead atoms. The molecule has 0 radical (unpaired) electrons. The predicted octanol–water partition coefficient (Wildman–Crippen LogP) is 3.69. The zero-order valence-corrected chi connectivity index (χ0v) is 21.8. The lowest BCUT2D eigenvalue weighted by Gasteiger charge is -2.27. The van der Waals surface area contributed by atoms with Gasteiger partial charge in [-0.25, -0.2) is 9.59 Å². The van der Waals surface area contributed by atoms with Crippen LogP contribution in [0.5, 0.6) is 0 Å². The number of carbonyl (C=O) groups excluding carboxylic acids is 3. The summed E-state index contributed by atoms with van der Waals surface area (Å²) in [5.74, 6) is -2.30. The van der Waals surface area contributed by atoms with Gasteiger partial charge in [-0.3, -0.25) is 9.59 Å². The number of hydrogen-bond donors (Lipinski definition) is 4. The molecule has 10 heteroatoms. The van der Waals surface area contributed by atoms with E-state index in [1.54, 1.807) is 47.7 Å². The summed E-state index contributed by atoms with van der Waals surface area (Å²) in [6.07, 6.45) is 1.18. The fourth-order valence-corrected chi connectivity index (χ4v) is 3.53. The van der Waals surface area contributed by atoms with Gasteiger partial charge in [-0.2, -0.15) is 0 Å². The molecular formula is C26H37N3O7. The third-order valence-electron chi connectivity index (χ3n) is 5.00. The van der Waals surface area contributed by atoms with Crippen molar-refractivity contribution in [2.75, 3.05) is 0 Å². The number of aromatic amines is 1. The van der Waals surface area contributed by atoms with Gasteiger partial charge in [0, 0.05) is 29.9 Å². The fraction of sp³-hybridized carbons (Fsp3) is 0.538. The number of aliphatic carboxylic acids is 1.